The van der Waals surface area contributed by atoms with Crippen LogP contribution in [0.15, 0.2) is 77.7 Å². The number of rotatable bonds is 9. The number of methoxy groups -OCH3 is 1. The Kier molecular flexibility index (Phi) is 8.32. The number of carbonyl (C=O) groups excluding carboxylic acids is 2. The zero-order chi connectivity index (χ0) is 25.4. The largest absolute Gasteiger partial charge is 0.493 e. The molecule has 2 amide bonds. The van der Waals surface area contributed by atoms with Gasteiger partial charge in [0.15, 0.2) is 11.5 Å². The van der Waals surface area contributed by atoms with E-state index < -0.39 is 21.8 Å². The van der Waals surface area contributed by atoms with Crippen LogP contribution < -0.4 is 24.6 Å². The van der Waals surface area contributed by atoms with Crippen LogP contribution in [0.2, 0.25) is 0 Å². The summed E-state index contributed by atoms with van der Waals surface area (Å²) in [6.07, 6.45) is 0.822. The lowest BCUT2D eigenvalue weighted by Crippen LogP contribution is -2.41. The first-order valence-electron chi connectivity index (χ1n) is 10.8. The third-order valence-corrected chi connectivity index (χ3v) is 6.83. The molecule has 2 N–H and O–H groups in total. The first kappa shape index (κ1) is 25.6. The molecular weight excluding hydrogens is 470 g/mol. The van der Waals surface area contributed by atoms with Gasteiger partial charge < -0.3 is 9.47 Å². The predicted molar refractivity (Wildman–Crippen MR) is 132 cm³/mol. The highest BCUT2D eigenvalue weighted by Gasteiger charge is 2.22. The number of amides is 2. The number of benzene rings is 3. The van der Waals surface area contributed by atoms with Crippen molar-refractivity contribution in [3.05, 3.63) is 83.9 Å². The van der Waals surface area contributed by atoms with E-state index in [2.05, 4.69) is 10.9 Å². The molecule has 0 heterocycles. The van der Waals surface area contributed by atoms with Gasteiger partial charge in [-0.2, -0.15) is 0 Å². The number of anilines is 1. The number of sulfonamides is 1. The molecule has 0 saturated carbocycles. The van der Waals surface area contributed by atoms with Crippen molar-refractivity contribution in [3.63, 3.8) is 0 Å². The van der Waals surface area contributed by atoms with Gasteiger partial charge in [0.2, 0.25) is 0 Å². The van der Waals surface area contributed by atoms with Crippen LogP contribution in [-0.4, -0.2) is 41.0 Å². The van der Waals surface area contributed by atoms with E-state index in [1.165, 1.54) is 44.5 Å². The van der Waals surface area contributed by atoms with Gasteiger partial charge in [-0.25, -0.2) is 8.42 Å². The van der Waals surface area contributed by atoms with Gasteiger partial charge in [0.1, 0.15) is 0 Å². The standard InChI is InChI=1S/C25H27N3O6S/c1-4-15-34-22-14-13-19(17-23(22)33-3)25(30)27-26-24(29)18-9-8-12-21(16-18)35(31,32)28(2)20-10-6-5-7-11-20/h5-14,16-17H,4,15H2,1-3H3,(H,26,29)(H,27,30). The molecule has 0 fully saturated rings. The summed E-state index contributed by atoms with van der Waals surface area (Å²) < 4.78 is 38.0. The van der Waals surface area contributed by atoms with Crippen LogP contribution in [0, 0.1) is 0 Å². The number of nitrogens with zero attached hydrogens (tertiary/aromatic N) is 1. The fourth-order valence-corrected chi connectivity index (χ4v) is 4.37. The summed E-state index contributed by atoms with van der Waals surface area (Å²) in [6.45, 7) is 2.48. The Bertz CT molecular complexity index is 1300. The summed E-state index contributed by atoms with van der Waals surface area (Å²) >= 11 is 0. The van der Waals surface area contributed by atoms with E-state index in [0.29, 0.717) is 23.8 Å². The van der Waals surface area contributed by atoms with Crippen molar-refractivity contribution >= 4 is 27.5 Å². The van der Waals surface area contributed by atoms with Gasteiger partial charge in [0, 0.05) is 18.2 Å². The Morgan fingerprint density at radius 3 is 2.14 bits per heavy atom. The molecule has 0 aliphatic heterocycles. The number of ether oxygens (including phenoxy) is 2. The van der Waals surface area contributed by atoms with Gasteiger partial charge in [0.05, 0.1) is 24.3 Å². The molecule has 0 saturated heterocycles. The second kappa shape index (κ2) is 11.4. The molecule has 0 aliphatic rings. The summed E-state index contributed by atoms with van der Waals surface area (Å²) in [4.78, 5) is 25.1. The topological polar surface area (TPSA) is 114 Å². The molecule has 3 rings (SSSR count). The molecule has 0 spiro atoms. The quantitative estimate of drug-likeness (QED) is 0.438. The average molecular weight is 498 g/mol. The second-order valence-corrected chi connectivity index (χ2v) is 9.43. The van der Waals surface area contributed by atoms with Crippen molar-refractivity contribution in [2.24, 2.45) is 0 Å². The Balaban J connectivity index is 1.70. The highest BCUT2D eigenvalue weighted by Crippen LogP contribution is 2.28. The van der Waals surface area contributed by atoms with Gasteiger partial charge in [-0.3, -0.25) is 24.7 Å². The molecule has 0 bridgehead atoms. The maximum atomic E-state index is 13.0. The SMILES string of the molecule is CCCOc1ccc(C(=O)NNC(=O)c2cccc(S(=O)(=O)N(C)c3ccccc3)c2)cc1OC. The Hall–Kier alpha value is -4.05. The third-order valence-electron chi connectivity index (χ3n) is 5.05. The summed E-state index contributed by atoms with van der Waals surface area (Å²) in [5.74, 6) is -0.356. The molecule has 0 aromatic heterocycles. The number of hydrogen-bond donors (Lipinski definition) is 2. The minimum absolute atomic E-state index is 0.0600. The smallest absolute Gasteiger partial charge is 0.269 e. The van der Waals surface area contributed by atoms with Crippen molar-refractivity contribution in [2.75, 3.05) is 25.1 Å². The fourth-order valence-electron chi connectivity index (χ4n) is 3.13. The van der Waals surface area contributed by atoms with Crippen molar-refractivity contribution < 1.29 is 27.5 Å². The Morgan fingerprint density at radius 2 is 1.51 bits per heavy atom. The number of para-hydroxylation sites is 1. The summed E-state index contributed by atoms with van der Waals surface area (Å²) in [7, 11) is -1.000. The second-order valence-electron chi connectivity index (χ2n) is 7.46. The highest BCUT2D eigenvalue weighted by molar-refractivity contribution is 7.92. The van der Waals surface area contributed by atoms with E-state index in [1.807, 2.05) is 6.92 Å². The van der Waals surface area contributed by atoms with Crippen molar-refractivity contribution in [1.29, 1.82) is 0 Å². The Morgan fingerprint density at radius 1 is 0.857 bits per heavy atom. The maximum Gasteiger partial charge on any atom is 0.269 e. The number of nitrogens with one attached hydrogen (secondary N) is 2. The first-order valence-corrected chi connectivity index (χ1v) is 12.3. The van der Waals surface area contributed by atoms with E-state index in [1.54, 1.807) is 42.5 Å². The van der Waals surface area contributed by atoms with E-state index >= 15 is 0 Å². The number of hydrazine groups is 1. The van der Waals surface area contributed by atoms with Gasteiger partial charge in [-0.05, 0) is 55.0 Å². The van der Waals surface area contributed by atoms with Gasteiger partial charge in [-0.1, -0.05) is 31.2 Å². The van der Waals surface area contributed by atoms with Crippen LogP contribution >= 0.6 is 0 Å². The molecule has 35 heavy (non-hydrogen) atoms. The molecule has 184 valence electrons. The fraction of sp³-hybridized carbons (Fsp3) is 0.200. The van der Waals surface area contributed by atoms with E-state index in [-0.39, 0.29) is 16.0 Å². The number of hydrogen-bond acceptors (Lipinski definition) is 6. The monoisotopic (exact) mass is 497 g/mol. The lowest BCUT2D eigenvalue weighted by molar-refractivity contribution is 0.0846. The molecule has 9 nitrogen and oxygen atoms in total. The average Bonchev–Trinajstić information content (AvgIpc) is 2.90. The minimum Gasteiger partial charge on any atom is -0.493 e. The Labute approximate surface area is 204 Å². The summed E-state index contributed by atoms with van der Waals surface area (Å²) in [6, 6.07) is 18.8. The highest BCUT2D eigenvalue weighted by atomic mass is 32.2. The molecule has 0 aliphatic carbocycles. The zero-order valence-electron chi connectivity index (χ0n) is 19.6. The van der Waals surface area contributed by atoms with Crippen molar-refractivity contribution in [3.8, 4) is 11.5 Å². The molecule has 0 radical (unpaired) electrons. The van der Waals surface area contributed by atoms with Gasteiger partial charge in [-0.15, -0.1) is 0 Å². The van der Waals surface area contributed by atoms with Crippen LogP contribution in [0.25, 0.3) is 0 Å². The van der Waals surface area contributed by atoms with E-state index in [0.717, 1.165) is 10.7 Å². The normalized spacial score (nSPS) is 10.8. The molecular formula is C25H27N3O6S. The van der Waals surface area contributed by atoms with Crippen LogP contribution in [0.5, 0.6) is 11.5 Å². The van der Waals surface area contributed by atoms with Crippen molar-refractivity contribution in [1.82, 2.24) is 10.9 Å². The summed E-state index contributed by atoms with van der Waals surface area (Å²) in [5, 5.41) is 0. The van der Waals surface area contributed by atoms with Crippen LogP contribution in [-0.2, 0) is 10.0 Å². The maximum absolute atomic E-state index is 13.0. The van der Waals surface area contributed by atoms with Crippen molar-refractivity contribution in [2.45, 2.75) is 18.2 Å². The lowest BCUT2D eigenvalue weighted by atomic mass is 10.2. The molecule has 0 atom stereocenters. The van der Waals surface area contributed by atoms with Crippen LogP contribution in [0.1, 0.15) is 34.1 Å². The molecule has 3 aromatic carbocycles. The third kappa shape index (κ3) is 6.10. The van der Waals surface area contributed by atoms with Crippen LogP contribution in [0.3, 0.4) is 0 Å². The van der Waals surface area contributed by atoms with Crippen LogP contribution in [0.4, 0.5) is 5.69 Å². The van der Waals surface area contributed by atoms with Gasteiger partial charge >= 0.3 is 0 Å². The molecule has 0 unspecified atom stereocenters. The van der Waals surface area contributed by atoms with E-state index in [4.69, 9.17) is 9.47 Å². The van der Waals surface area contributed by atoms with Gasteiger partial charge in [0.25, 0.3) is 21.8 Å². The summed E-state index contributed by atoms with van der Waals surface area (Å²) in [5.41, 5.74) is 5.42. The number of carbonyl (C=O) groups is 2. The molecule has 10 heteroatoms. The minimum atomic E-state index is -3.90. The zero-order valence-corrected chi connectivity index (χ0v) is 20.5. The lowest BCUT2D eigenvalue weighted by Gasteiger charge is -2.19. The predicted octanol–water partition coefficient (Wildman–Crippen LogP) is 3.38. The van der Waals surface area contributed by atoms with E-state index in [9.17, 15) is 18.0 Å². The molecule has 3 aromatic rings. The first-order chi connectivity index (χ1) is 16.8.